The highest BCUT2D eigenvalue weighted by Crippen LogP contribution is 2.54. The predicted molar refractivity (Wildman–Crippen MR) is 335 cm³/mol. The van der Waals surface area contributed by atoms with Gasteiger partial charge in [-0.2, -0.15) is 18.4 Å². The van der Waals surface area contributed by atoms with Crippen molar-refractivity contribution in [1.29, 1.82) is 5.26 Å². The number of amidine groups is 1. The van der Waals surface area contributed by atoms with Gasteiger partial charge in [0.25, 0.3) is 5.91 Å². The summed E-state index contributed by atoms with van der Waals surface area (Å²) >= 11 is 17.6. The molecular formula is C65H78Cl2F3N7O9S. The molecule has 87 heavy (non-hydrogen) atoms. The molecule has 5 aromatic rings. The molecule has 16 nitrogen and oxygen atoms in total. The lowest BCUT2D eigenvalue weighted by Gasteiger charge is -2.47. The molecule has 2 fully saturated rings. The van der Waals surface area contributed by atoms with Gasteiger partial charge in [0.1, 0.15) is 40.6 Å². The number of halogens is 5. The summed E-state index contributed by atoms with van der Waals surface area (Å²) in [6.45, 7) is 23.8. The fraction of sp³-hybridized carbons (Fsp3) is 0.477. The lowest BCUT2D eigenvalue weighted by atomic mass is 9.71. The Morgan fingerprint density at radius 3 is 1.75 bits per heavy atom. The molecule has 3 heterocycles. The molecule has 8 rings (SSSR count). The molecule has 22 heteroatoms. The smallest absolute Gasteiger partial charge is 0.417 e. The highest BCUT2D eigenvalue weighted by atomic mass is 35.5. The monoisotopic (exact) mass is 1260 g/mol. The van der Waals surface area contributed by atoms with Crippen LogP contribution in [0, 0.1) is 11.3 Å². The number of thiol groups is 1. The van der Waals surface area contributed by atoms with Crippen molar-refractivity contribution in [1.82, 2.24) is 14.7 Å². The number of aliphatic imine (C=N–C) groups is 1. The predicted octanol–water partition coefficient (Wildman–Crippen LogP) is 12.2. The van der Waals surface area contributed by atoms with Crippen LogP contribution in [0.25, 0.3) is 0 Å². The number of carbonyl (C=O) groups excluding carboxylic acids is 2. The van der Waals surface area contributed by atoms with Gasteiger partial charge < -0.3 is 43.0 Å². The summed E-state index contributed by atoms with van der Waals surface area (Å²) in [4.78, 5) is 43.6. The van der Waals surface area contributed by atoms with E-state index in [1.54, 1.807) is 49.1 Å². The van der Waals surface area contributed by atoms with Crippen LogP contribution in [-0.4, -0.2) is 156 Å². The molecule has 5 aromatic carbocycles. The average molecular weight is 1260 g/mol. The minimum Gasteiger partial charge on any atom is -0.493 e. The average Bonchev–Trinajstić information content (AvgIpc) is 1.59. The number of anilines is 2. The van der Waals surface area contributed by atoms with Gasteiger partial charge >= 0.3 is 12.2 Å². The fourth-order valence-corrected chi connectivity index (χ4v) is 12.0. The van der Waals surface area contributed by atoms with E-state index >= 15 is 4.79 Å². The van der Waals surface area contributed by atoms with Crippen molar-refractivity contribution < 1.29 is 55.9 Å². The van der Waals surface area contributed by atoms with Crippen molar-refractivity contribution in [2.45, 2.75) is 89.1 Å². The van der Waals surface area contributed by atoms with Crippen LogP contribution in [0.4, 0.5) is 29.3 Å². The SMILES string of the molecule is CCOc1cc(C(C)(C)C)ccc1C1=N[C@@](C)(c2ccc(Cl)cc2)C(C)(c2ccc(Cl)cc2)N1C(=O)N1CCN(CCOCCOCCOCCOCCOCCOc2ccc(N3C(S)N(c4ccc(C#N)c(C(F)(F)F)c4)C(=O)C3(C)C)cc2)CC1. The van der Waals surface area contributed by atoms with E-state index in [4.69, 9.17) is 61.4 Å². The Bertz CT molecular complexity index is 3210. The highest BCUT2D eigenvalue weighted by Gasteiger charge is 2.60. The molecule has 0 aliphatic carbocycles. The van der Waals surface area contributed by atoms with Gasteiger partial charge in [0, 0.05) is 54.1 Å². The molecule has 3 aliphatic heterocycles. The maximum atomic E-state index is 15.5. The number of nitriles is 1. The summed E-state index contributed by atoms with van der Waals surface area (Å²) in [6.07, 6.45) is -4.78. The molecule has 2 unspecified atom stereocenters. The highest BCUT2D eigenvalue weighted by molar-refractivity contribution is 7.81. The molecule has 0 spiro atoms. The van der Waals surface area contributed by atoms with E-state index in [0.717, 1.165) is 34.4 Å². The standard InChI is InChI=1S/C65H78Cl2F3N7O9S/c1-9-85-56-42-48(61(2,3)4)15-25-54(56)57-72-63(7,46-11-16-49(66)17-12-46)64(8,47-13-18-50(67)19-14-47)77(57)59(79)74-28-26-73(27-29-74)30-31-80-32-33-81-34-35-82-36-37-83-38-39-84-40-41-86-53-23-21-51(22-24-53)76-60(87)75(58(78)62(76,5)6)52-20-10-45(44-71)55(43-52)65(68,69)70/h10-25,42-43,60,87H,9,26-41H2,1-8H3/t60?,63-,64?/m0/s1. The summed E-state index contributed by atoms with van der Waals surface area (Å²) in [7, 11) is 0. The number of benzene rings is 5. The van der Waals surface area contributed by atoms with E-state index in [0.29, 0.717) is 138 Å². The van der Waals surface area contributed by atoms with Crippen LogP contribution in [0.15, 0.2) is 114 Å². The molecule has 0 saturated carbocycles. The minimum absolute atomic E-state index is 0.0180. The summed E-state index contributed by atoms with van der Waals surface area (Å²) in [6, 6.07) is 33.2. The number of piperazine rings is 1. The lowest BCUT2D eigenvalue weighted by molar-refractivity contribution is -0.137. The molecular weight excluding hydrogens is 1180 g/mol. The van der Waals surface area contributed by atoms with E-state index in [-0.39, 0.29) is 23.7 Å². The number of ether oxygens (including phenoxy) is 7. The Kier molecular flexibility index (Phi) is 22.3. The zero-order valence-corrected chi connectivity index (χ0v) is 53.0. The number of hydrogen-bond donors (Lipinski definition) is 1. The van der Waals surface area contributed by atoms with Crippen molar-refractivity contribution in [3.63, 3.8) is 0 Å². The van der Waals surface area contributed by atoms with Crippen molar-refractivity contribution in [3.8, 4) is 17.6 Å². The van der Waals surface area contributed by atoms with Crippen LogP contribution in [0.5, 0.6) is 11.5 Å². The Morgan fingerprint density at radius 2 is 1.22 bits per heavy atom. The van der Waals surface area contributed by atoms with Crippen LogP contribution in [0.1, 0.15) is 88.8 Å². The third-order valence-corrected chi connectivity index (χ3v) is 17.1. The number of rotatable bonds is 26. The van der Waals surface area contributed by atoms with E-state index in [1.165, 1.54) is 11.0 Å². The maximum Gasteiger partial charge on any atom is 0.417 e. The second-order valence-electron chi connectivity index (χ2n) is 23.1. The number of urea groups is 1. The number of hydrogen-bond acceptors (Lipinski definition) is 14. The lowest BCUT2D eigenvalue weighted by Crippen LogP contribution is -2.60. The van der Waals surface area contributed by atoms with Crippen LogP contribution in [0.2, 0.25) is 10.0 Å². The van der Waals surface area contributed by atoms with Gasteiger partial charge in [0.2, 0.25) is 0 Å². The first kappa shape index (κ1) is 66.8. The van der Waals surface area contributed by atoms with Crippen molar-refractivity contribution in [2.75, 3.05) is 122 Å². The first-order valence-corrected chi connectivity index (χ1v) is 30.5. The molecule has 2 saturated heterocycles. The molecule has 3 amide bonds. The van der Waals surface area contributed by atoms with Crippen LogP contribution >= 0.6 is 35.8 Å². The van der Waals surface area contributed by atoms with Gasteiger partial charge in [-0.05, 0) is 136 Å². The summed E-state index contributed by atoms with van der Waals surface area (Å²) < 4.78 is 82.0. The van der Waals surface area contributed by atoms with Crippen LogP contribution in [-0.2, 0) is 51.1 Å². The zero-order valence-electron chi connectivity index (χ0n) is 50.6. The molecule has 468 valence electrons. The largest absolute Gasteiger partial charge is 0.493 e. The van der Waals surface area contributed by atoms with Gasteiger partial charge in [0.15, 0.2) is 5.50 Å². The topological polar surface area (TPSA) is 151 Å². The molecule has 3 aliphatic rings. The zero-order chi connectivity index (χ0) is 62.7. The Morgan fingerprint density at radius 1 is 0.690 bits per heavy atom. The molecule has 0 bridgehead atoms. The number of nitrogens with zero attached hydrogens (tertiary/aromatic N) is 7. The summed E-state index contributed by atoms with van der Waals surface area (Å²) in [5, 5.41) is 10.4. The van der Waals surface area contributed by atoms with Gasteiger partial charge in [-0.3, -0.25) is 24.5 Å². The normalized spacial score (nSPS) is 19.9. The summed E-state index contributed by atoms with van der Waals surface area (Å²) in [5.74, 6) is 1.30. The Hall–Kier alpha value is -6.12. The van der Waals surface area contributed by atoms with Gasteiger partial charge in [-0.15, -0.1) is 12.6 Å². The first-order valence-electron chi connectivity index (χ1n) is 29.2. The third kappa shape index (κ3) is 15.3. The van der Waals surface area contributed by atoms with E-state index in [9.17, 15) is 23.2 Å². The van der Waals surface area contributed by atoms with Crippen molar-refractivity contribution >= 4 is 65.0 Å². The molecule has 0 aromatic heterocycles. The molecule has 0 N–H and O–H groups in total. The third-order valence-electron chi connectivity index (χ3n) is 16.1. The second kappa shape index (κ2) is 29.0. The van der Waals surface area contributed by atoms with Crippen LogP contribution in [0.3, 0.4) is 0 Å². The van der Waals surface area contributed by atoms with E-state index in [2.05, 4.69) is 64.3 Å². The van der Waals surface area contributed by atoms with Gasteiger partial charge in [-0.1, -0.05) is 74.3 Å². The van der Waals surface area contributed by atoms with Crippen molar-refractivity contribution in [3.05, 3.63) is 153 Å². The Labute approximate surface area is 524 Å². The summed E-state index contributed by atoms with van der Waals surface area (Å²) in [5.41, 5.74) is -1.67. The van der Waals surface area contributed by atoms with Crippen LogP contribution < -0.4 is 19.3 Å². The molecule has 0 radical (unpaired) electrons. The Balaban J connectivity index is 0.705. The van der Waals surface area contributed by atoms with Crippen molar-refractivity contribution in [2.24, 2.45) is 4.99 Å². The number of alkyl halides is 3. The maximum absolute atomic E-state index is 15.5. The van der Waals surface area contributed by atoms with Gasteiger partial charge in [-0.25, -0.2) is 4.79 Å². The number of carbonyl (C=O) groups is 2. The quantitative estimate of drug-likeness (QED) is 0.0414. The number of amides is 3. The minimum atomic E-state index is -4.78. The fourth-order valence-electron chi connectivity index (χ4n) is 11.0. The van der Waals surface area contributed by atoms with Gasteiger partial charge in [0.05, 0.1) is 95.4 Å². The molecule has 3 atom stereocenters. The van der Waals surface area contributed by atoms with E-state index < -0.39 is 45.3 Å². The first-order chi connectivity index (χ1) is 41.4. The van der Waals surface area contributed by atoms with E-state index in [1.807, 2.05) is 71.3 Å². The second-order valence-corrected chi connectivity index (χ2v) is 24.5.